The average molecular weight is 281 g/mol. The number of nitrogens with zero attached hydrogens (tertiary/aromatic N) is 1. The van der Waals surface area contributed by atoms with Crippen LogP contribution < -0.4 is 0 Å². The van der Waals surface area contributed by atoms with Gasteiger partial charge in [0, 0.05) is 16.2 Å². The molecule has 2 rings (SSSR count). The van der Waals surface area contributed by atoms with Crippen LogP contribution in [0.5, 0.6) is 0 Å². The lowest BCUT2D eigenvalue weighted by atomic mass is 9.91. The molecule has 0 heterocycles. The zero-order chi connectivity index (χ0) is 13.8. The molecule has 1 fully saturated rings. The van der Waals surface area contributed by atoms with Crippen molar-refractivity contribution in [2.45, 2.75) is 49.4 Å². The zero-order valence-electron chi connectivity index (χ0n) is 11.0. The summed E-state index contributed by atoms with van der Waals surface area (Å²) in [6, 6.07) is 5.05. The highest BCUT2D eigenvalue weighted by molar-refractivity contribution is 8.00. The predicted molar refractivity (Wildman–Crippen MR) is 76.3 cm³/mol. The maximum atomic E-state index is 10.8. The minimum Gasteiger partial charge on any atom is -0.391 e. The lowest BCUT2D eigenvalue weighted by Gasteiger charge is -2.26. The minimum atomic E-state index is -0.442. The Morgan fingerprint density at radius 3 is 2.89 bits per heavy atom. The van der Waals surface area contributed by atoms with Gasteiger partial charge in [0.25, 0.3) is 5.69 Å². The van der Waals surface area contributed by atoms with Gasteiger partial charge in [0.2, 0.25) is 0 Å². The van der Waals surface area contributed by atoms with Crippen LogP contribution in [0.25, 0.3) is 0 Å². The Morgan fingerprint density at radius 2 is 2.26 bits per heavy atom. The topological polar surface area (TPSA) is 63.4 Å². The van der Waals surface area contributed by atoms with Crippen molar-refractivity contribution < 1.29 is 10.0 Å². The van der Waals surface area contributed by atoms with E-state index in [0.29, 0.717) is 10.8 Å². The molecule has 0 radical (unpaired) electrons. The molecule has 0 aliphatic heterocycles. The number of aliphatic hydroxyl groups is 1. The van der Waals surface area contributed by atoms with Crippen LogP contribution in [0.2, 0.25) is 0 Å². The molecule has 1 aromatic rings. The maximum Gasteiger partial charge on any atom is 0.274 e. The summed E-state index contributed by atoms with van der Waals surface area (Å²) in [6.45, 7) is 1.99. The van der Waals surface area contributed by atoms with E-state index in [0.717, 1.165) is 10.8 Å². The van der Waals surface area contributed by atoms with Crippen LogP contribution >= 0.6 is 11.8 Å². The van der Waals surface area contributed by atoms with Gasteiger partial charge in [-0.15, -0.1) is 11.8 Å². The Labute approximate surface area is 117 Å². The van der Waals surface area contributed by atoms with Crippen molar-refractivity contribution in [2.75, 3.05) is 0 Å². The second kappa shape index (κ2) is 6.39. The number of hydrogen-bond acceptors (Lipinski definition) is 4. The normalized spacial score (nSPS) is 23.3. The Kier molecular flexibility index (Phi) is 4.82. The van der Waals surface area contributed by atoms with Crippen molar-refractivity contribution in [1.29, 1.82) is 0 Å². The van der Waals surface area contributed by atoms with Gasteiger partial charge in [0.15, 0.2) is 0 Å². The third-order valence-electron chi connectivity index (χ3n) is 3.61. The fourth-order valence-corrected chi connectivity index (χ4v) is 4.07. The molecule has 0 saturated heterocycles. The molecule has 1 N–H and O–H groups in total. The summed E-state index contributed by atoms with van der Waals surface area (Å²) in [6.07, 6.45) is 4.98. The summed E-state index contributed by atoms with van der Waals surface area (Å²) < 4.78 is 0. The number of benzene rings is 1. The summed E-state index contributed by atoms with van der Waals surface area (Å²) in [7, 11) is 0. The summed E-state index contributed by atoms with van der Waals surface area (Å²) in [5, 5.41) is 20.6. The molecule has 1 aliphatic carbocycles. The number of aliphatic hydroxyl groups excluding tert-OH is 1. The molecule has 2 atom stereocenters. The fraction of sp³-hybridized carbons (Fsp3) is 0.571. The van der Waals surface area contributed by atoms with Crippen molar-refractivity contribution in [1.82, 2.24) is 0 Å². The van der Waals surface area contributed by atoms with Crippen LogP contribution in [0.1, 0.15) is 38.2 Å². The Morgan fingerprint density at radius 1 is 1.47 bits per heavy atom. The third kappa shape index (κ3) is 3.70. The van der Waals surface area contributed by atoms with Crippen molar-refractivity contribution in [3.05, 3.63) is 33.9 Å². The summed E-state index contributed by atoms with van der Waals surface area (Å²) in [4.78, 5) is 11.4. The van der Waals surface area contributed by atoms with Gasteiger partial charge in [-0.25, -0.2) is 0 Å². The molecule has 0 aromatic heterocycles. The fourth-order valence-electron chi connectivity index (χ4n) is 2.62. The van der Waals surface area contributed by atoms with E-state index >= 15 is 0 Å². The van der Waals surface area contributed by atoms with Gasteiger partial charge >= 0.3 is 0 Å². The maximum absolute atomic E-state index is 10.8. The van der Waals surface area contributed by atoms with Gasteiger partial charge in [-0.3, -0.25) is 10.1 Å². The predicted octanol–water partition coefficient (Wildman–Crippen LogP) is 3.76. The van der Waals surface area contributed by atoms with E-state index in [-0.39, 0.29) is 12.3 Å². The van der Waals surface area contributed by atoms with E-state index in [1.54, 1.807) is 23.9 Å². The number of nitro groups is 1. The largest absolute Gasteiger partial charge is 0.391 e. The first-order valence-corrected chi connectivity index (χ1v) is 7.53. The van der Waals surface area contributed by atoms with Gasteiger partial charge in [-0.05, 0) is 30.9 Å². The molecule has 1 aliphatic rings. The smallest absolute Gasteiger partial charge is 0.274 e. The van der Waals surface area contributed by atoms with Crippen LogP contribution in [-0.4, -0.2) is 15.3 Å². The van der Waals surface area contributed by atoms with Crippen LogP contribution in [0, 0.1) is 16.0 Å². The van der Waals surface area contributed by atoms with Crippen molar-refractivity contribution in [3.8, 4) is 0 Å². The second-order valence-corrected chi connectivity index (χ2v) is 6.59. The van der Waals surface area contributed by atoms with Gasteiger partial charge < -0.3 is 5.11 Å². The van der Waals surface area contributed by atoms with E-state index in [4.69, 9.17) is 0 Å². The van der Waals surface area contributed by atoms with Gasteiger partial charge in [0.1, 0.15) is 0 Å². The summed E-state index contributed by atoms with van der Waals surface area (Å²) in [5.41, 5.74) is 0.405. The number of rotatable bonds is 4. The molecular formula is C14H19NO3S. The average Bonchev–Trinajstić information content (AvgIpc) is 2.38. The van der Waals surface area contributed by atoms with E-state index in [1.165, 1.54) is 31.7 Å². The highest BCUT2D eigenvalue weighted by Gasteiger charge is 2.21. The number of nitro benzene ring substituents is 1. The molecule has 19 heavy (non-hydrogen) atoms. The SMILES string of the molecule is CC1CCCC(Sc2ccc([N+](=O)[O-])c(CO)c2)C1. The van der Waals surface area contributed by atoms with Gasteiger partial charge in [-0.2, -0.15) is 0 Å². The molecule has 2 unspecified atom stereocenters. The van der Waals surface area contributed by atoms with Gasteiger partial charge in [-0.1, -0.05) is 19.8 Å². The van der Waals surface area contributed by atoms with Crippen LogP contribution in [0.3, 0.4) is 0 Å². The highest BCUT2D eigenvalue weighted by Crippen LogP contribution is 2.37. The minimum absolute atomic E-state index is 0.00358. The van der Waals surface area contributed by atoms with E-state index in [9.17, 15) is 15.2 Å². The van der Waals surface area contributed by atoms with E-state index < -0.39 is 4.92 Å². The first-order valence-electron chi connectivity index (χ1n) is 6.65. The quantitative estimate of drug-likeness (QED) is 0.674. The first kappa shape index (κ1) is 14.3. The van der Waals surface area contributed by atoms with E-state index in [2.05, 4.69) is 6.92 Å². The monoisotopic (exact) mass is 281 g/mol. The highest BCUT2D eigenvalue weighted by atomic mass is 32.2. The lowest BCUT2D eigenvalue weighted by Crippen LogP contribution is -2.14. The van der Waals surface area contributed by atoms with Crippen LogP contribution in [0.4, 0.5) is 5.69 Å². The molecule has 0 spiro atoms. The Bertz CT molecular complexity index is 464. The summed E-state index contributed by atoms with van der Waals surface area (Å²) in [5.74, 6) is 0.765. The van der Waals surface area contributed by atoms with Crippen molar-refractivity contribution in [3.63, 3.8) is 0 Å². The Hall–Kier alpha value is -1.07. The number of hydrogen-bond donors (Lipinski definition) is 1. The Balaban J connectivity index is 2.10. The molecule has 5 heteroatoms. The van der Waals surface area contributed by atoms with Crippen molar-refractivity contribution in [2.24, 2.45) is 5.92 Å². The molecule has 4 nitrogen and oxygen atoms in total. The third-order valence-corrected chi connectivity index (χ3v) is 4.90. The molecule has 1 saturated carbocycles. The molecule has 0 bridgehead atoms. The number of thioether (sulfide) groups is 1. The lowest BCUT2D eigenvalue weighted by molar-refractivity contribution is -0.385. The van der Waals surface area contributed by atoms with E-state index in [1.807, 2.05) is 0 Å². The molecular weight excluding hydrogens is 262 g/mol. The van der Waals surface area contributed by atoms with Crippen molar-refractivity contribution >= 4 is 17.4 Å². The molecule has 1 aromatic carbocycles. The van der Waals surface area contributed by atoms with Gasteiger partial charge in [0.05, 0.1) is 17.1 Å². The molecule has 0 amide bonds. The molecule has 104 valence electrons. The van der Waals surface area contributed by atoms with Crippen LogP contribution in [-0.2, 0) is 6.61 Å². The van der Waals surface area contributed by atoms with Crippen LogP contribution in [0.15, 0.2) is 23.1 Å². The standard InChI is InChI=1S/C14H19NO3S/c1-10-3-2-4-12(7-10)19-13-5-6-14(15(17)18)11(8-13)9-16/h5-6,8,10,12,16H,2-4,7,9H2,1H3. The first-order chi connectivity index (χ1) is 9.10. The summed E-state index contributed by atoms with van der Waals surface area (Å²) >= 11 is 1.78. The zero-order valence-corrected chi connectivity index (χ0v) is 11.9. The second-order valence-electron chi connectivity index (χ2n) is 5.22.